The van der Waals surface area contributed by atoms with E-state index in [0.29, 0.717) is 18.7 Å². The standard InChI is InChI=1S/C15H18N4O2.ClH/c16-8-13-6-7-14(21-13)15(20)18-11-9-17-19(10-11)12-4-2-1-3-5-12;/h1-5,9-10,13-14H,6-8,16H2,(H,18,20);1H/t13-,14+;/m1./s1. The predicted octanol–water partition coefficient (Wildman–Crippen LogP) is 1.74. The van der Waals surface area contributed by atoms with Crippen molar-refractivity contribution in [3.05, 3.63) is 42.7 Å². The van der Waals surface area contributed by atoms with Crippen LogP contribution in [-0.2, 0) is 9.53 Å². The van der Waals surface area contributed by atoms with Gasteiger partial charge in [0.1, 0.15) is 6.10 Å². The van der Waals surface area contributed by atoms with Crippen molar-refractivity contribution in [2.75, 3.05) is 11.9 Å². The summed E-state index contributed by atoms with van der Waals surface area (Å²) in [5, 5.41) is 7.07. The summed E-state index contributed by atoms with van der Waals surface area (Å²) < 4.78 is 7.29. The van der Waals surface area contributed by atoms with E-state index in [1.165, 1.54) is 0 Å². The Hall–Kier alpha value is -1.89. The first-order valence-electron chi connectivity index (χ1n) is 7.03. The van der Waals surface area contributed by atoms with Crippen LogP contribution in [-0.4, -0.2) is 34.4 Å². The molecule has 118 valence electrons. The van der Waals surface area contributed by atoms with E-state index in [0.717, 1.165) is 12.1 Å². The van der Waals surface area contributed by atoms with Gasteiger partial charge >= 0.3 is 0 Å². The molecule has 2 atom stereocenters. The average Bonchev–Trinajstić information content (AvgIpc) is 3.17. The third kappa shape index (κ3) is 3.65. The van der Waals surface area contributed by atoms with Gasteiger partial charge in [0.15, 0.2) is 0 Å². The Morgan fingerprint density at radius 2 is 2.14 bits per heavy atom. The highest BCUT2D eigenvalue weighted by atomic mass is 35.5. The number of para-hydroxylation sites is 1. The number of hydrogen-bond acceptors (Lipinski definition) is 4. The van der Waals surface area contributed by atoms with E-state index in [2.05, 4.69) is 10.4 Å². The van der Waals surface area contributed by atoms with Crippen LogP contribution < -0.4 is 11.1 Å². The first kappa shape index (κ1) is 16.5. The minimum Gasteiger partial charge on any atom is -0.364 e. The van der Waals surface area contributed by atoms with Gasteiger partial charge in [-0.2, -0.15) is 5.10 Å². The Balaban J connectivity index is 0.00000176. The summed E-state index contributed by atoms with van der Waals surface area (Å²) in [5.41, 5.74) is 7.15. The Labute approximate surface area is 135 Å². The molecule has 1 amide bonds. The minimum atomic E-state index is -0.418. The fourth-order valence-electron chi connectivity index (χ4n) is 2.40. The first-order valence-corrected chi connectivity index (χ1v) is 7.03. The van der Waals surface area contributed by atoms with Gasteiger partial charge in [0.05, 0.1) is 29.9 Å². The number of hydrogen-bond donors (Lipinski definition) is 2. The molecule has 0 spiro atoms. The van der Waals surface area contributed by atoms with Crippen LogP contribution in [0.3, 0.4) is 0 Å². The number of nitrogens with zero attached hydrogens (tertiary/aromatic N) is 2. The van der Waals surface area contributed by atoms with Gasteiger partial charge < -0.3 is 15.8 Å². The topological polar surface area (TPSA) is 82.2 Å². The number of nitrogens with one attached hydrogen (secondary N) is 1. The van der Waals surface area contributed by atoms with Gasteiger partial charge in [-0.3, -0.25) is 4.79 Å². The molecule has 0 aliphatic carbocycles. The molecule has 1 aliphatic heterocycles. The van der Waals surface area contributed by atoms with Crippen LogP contribution in [0.1, 0.15) is 12.8 Å². The van der Waals surface area contributed by atoms with E-state index in [-0.39, 0.29) is 24.4 Å². The molecule has 22 heavy (non-hydrogen) atoms. The molecular weight excluding hydrogens is 304 g/mol. The number of ether oxygens (including phenoxy) is 1. The quantitative estimate of drug-likeness (QED) is 0.898. The van der Waals surface area contributed by atoms with Crippen LogP contribution in [0.4, 0.5) is 5.69 Å². The summed E-state index contributed by atoms with van der Waals surface area (Å²) in [4.78, 5) is 12.1. The lowest BCUT2D eigenvalue weighted by Crippen LogP contribution is -2.29. The summed E-state index contributed by atoms with van der Waals surface area (Å²) in [5.74, 6) is -0.140. The molecule has 1 aromatic carbocycles. The SMILES string of the molecule is Cl.NC[C@H]1CC[C@@H](C(=O)Nc2cnn(-c3ccccc3)c2)O1. The van der Waals surface area contributed by atoms with Crippen molar-refractivity contribution in [2.24, 2.45) is 5.73 Å². The molecule has 0 unspecified atom stereocenters. The van der Waals surface area contributed by atoms with Gasteiger partial charge in [0.25, 0.3) is 5.91 Å². The minimum absolute atomic E-state index is 0. The van der Waals surface area contributed by atoms with Gasteiger partial charge in [-0.1, -0.05) is 18.2 Å². The third-order valence-electron chi connectivity index (χ3n) is 3.53. The molecule has 1 fully saturated rings. The molecule has 1 saturated heterocycles. The number of rotatable bonds is 4. The zero-order valence-corrected chi connectivity index (χ0v) is 12.8. The molecule has 6 nitrogen and oxygen atoms in total. The monoisotopic (exact) mass is 322 g/mol. The Morgan fingerprint density at radius 3 is 2.82 bits per heavy atom. The number of benzene rings is 1. The van der Waals surface area contributed by atoms with E-state index in [1.54, 1.807) is 17.1 Å². The number of halogens is 1. The van der Waals surface area contributed by atoms with Crippen LogP contribution >= 0.6 is 12.4 Å². The maximum Gasteiger partial charge on any atom is 0.253 e. The van der Waals surface area contributed by atoms with Crippen LogP contribution in [0.2, 0.25) is 0 Å². The van der Waals surface area contributed by atoms with Crippen LogP contribution in [0.15, 0.2) is 42.7 Å². The van der Waals surface area contributed by atoms with Gasteiger partial charge in [-0.05, 0) is 25.0 Å². The highest BCUT2D eigenvalue weighted by Crippen LogP contribution is 2.20. The number of carbonyl (C=O) groups excluding carboxylic acids is 1. The van der Waals surface area contributed by atoms with Crippen molar-refractivity contribution < 1.29 is 9.53 Å². The van der Waals surface area contributed by atoms with Crippen molar-refractivity contribution >= 4 is 24.0 Å². The zero-order chi connectivity index (χ0) is 14.7. The van der Waals surface area contributed by atoms with Crippen molar-refractivity contribution in [1.29, 1.82) is 0 Å². The smallest absolute Gasteiger partial charge is 0.253 e. The normalized spacial score (nSPS) is 20.4. The van der Waals surface area contributed by atoms with E-state index < -0.39 is 6.10 Å². The molecule has 0 radical (unpaired) electrons. The maximum atomic E-state index is 12.1. The largest absolute Gasteiger partial charge is 0.364 e. The van der Waals surface area contributed by atoms with Crippen molar-refractivity contribution in [3.63, 3.8) is 0 Å². The lowest BCUT2D eigenvalue weighted by Gasteiger charge is -2.11. The van der Waals surface area contributed by atoms with Gasteiger partial charge in [-0.25, -0.2) is 4.68 Å². The zero-order valence-electron chi connectivity index (χ0n) is 12.0. The third-order valence-corrected chi connectivity index (χ3v) is 3.53. The van der Waals surface area contributed by atoms with E-state index >= 15 is 0 Å². The number of aromatic nitrogens is 2. The lowest BCUT2D eigenvalue weighted by molar-refractivity contribution is -0.126. The fourth-order valence-corrected chi connectivity index (χ4v) is 2.40. The highest BCUT2D eigenvalue weighted by molar-refractivity contribution is 5.94. The van der Waals surface area contributed by atoms with Crippen molar-refractivity contribution in [1.82, 2.24) is 9.78 Å². The molecule has 7 heteroatoms. The number of amides is 1. The molecule has 1 aliphatic rings. The number of nitrogens with two attached hydrogens (primary N) is 1. The molecule has 1 aromatic heterocycles. The first-order chi connectivity index (χ1) is 10.3. The molecule has 2 aromatic rings. The van der Waals surface area contributed by atoms with Gasteiger partial charge in [0, 0.05) is 6.54 Å². The average molecular weight is 323 g/mol. The summed E-state index contributed by atoms with van der Waals surface area (Å²) in [6.45, 7) is 0.454. The van der Waals surface area contributed by atoms with E-state index in [9.17, 15) is 4.79 Å². The summed E-state index contributed by atoms with van der Waals surface area (Å²) in [6, 6.07) is 9.72. The molecular formula is C15H19ClN4O2. The van der Waals surface area contributed by atoms with E-state index in [4.69, 9.17) is 10.5 Å². The Bertz CT molecular complexity index is 617. The summed E-state index contributed by atoms with van der Waals surface area (Å²) >= 11 is 0. The highest BCUT2D eigenvalue weighted by Gasteiger charge is 2.29. The fraction of sp³-hybridized carbons (Fsp3) is 0.333. The summed E-state index contributed by atoms with van der Waals surface area (Å²) in [7, 11) is 0. The van der Waals surface area contributed by atoms with Crippen molar-refractivity contribution in [2.45, 2.75) is 25.0 Å². The molecule has 2 heterocycles. The Kier molecular flexibility index (Phi) is 5.54. The van der Waals surface area contributed by atoms with Gasteiger partial charge in [-0.15, -0.1) is 12.4 Å². The number of carbonyl (C=O) groups is 1. The summed E-state index contributed by atoms with van der Waals surface area (Å²) in [6.07, 6.45) is 4.52. The second-order valence-corrected chi connectivity index (χ2v) is 5.06. The Morgan fingerprint density at radius 1 is 1.36 bits per heavy atom. The predicted molar refractivity (Wildman–Crippen MR) is 86.4 cm³/mol. The van der Waals surface area contributed by atoms with Gasteiger partial charge in [0.2, 0.25) is 0 Å². The second-order valence-electron chi connectivity index (χ2n) is 5.06. The molecule has 0 bridgehead atoms. The van der Waals surface area contributed by atoms with Crippen LogP contribution in [0, 0.1) is 0 Å². The molecule has 3 rings (SSSR count). The second kappa shape index (κ2) is 7.40. The van der Waals surface area contributed by atoms with E-state index in [1.807, 2.05) is 30.3 Å². The molecule has 3 N–H and O–H groups in total. The lowest BCUT2D eigenvalue weighted by atomic mass is 10.2. The van der Waals surface area contributed by atoms with Crippen LogP contribution in [0.25, 0.3) is 5.69 Å². The van der Waals surface area contributed by atoms with Crippen molar-refractivity contribution in [3.8, 4) is 5.69 Å². The maximum absolute atomic E-state index is 12.1. The van der Waals surface area contributed by atoms with Crippen LogP contribution in [0.5, 0.6) is 0 Å². The molecule has 0 saturated carbocycles. The number of anilines is 1.